The monoisotopic (exact) mass is 321 g/mol. The van der Waals surface area contributed by atoms with Gasteiger partial charge in [0.15, 0.2) is 0 Å². The number of benzene rings is 1. The smallest absolute Gasteiger partial charge is 0.0624 e. The molecule has 3 nitrogen and oxygen atoms in total. The number of aromatic nitrogens is 2. The largest absolute Gasteiger partial charge is 0.324 e. The van der Waals surface area contributed by atoms with Crippen LogP contribution >= 0.6 is 15.9 Å². The average Bonchev–Trinajstić information content (AvgIpc) is 2.81. The average molecular weight is 322 g/mol. The summed E-state index contributed by atoms with van der Waals surface area (Å²) in [6.07, 6.45) is 1.77. The van der Waals surface area contributed by atoms with Crippen LogP contribution in [0.1, 0.15) is 36.8 Å². The maximum atomic E-state index is 6.33. The van der Waals surface area contributed by atoms with Crippen molar-refractivity contribution in [3.8, 4) is 0 Å². The predicted octanol–water partition coefficient (Wildman–Crippen LogP) is 3.47. The SMILES string of the molecule is CCc1cc(CC(N)c2ccccc2Br)n(CC)n1. The van der Waals surface area contributed by atoms with Gasteiger partial charge in [0.2, 0.25) is 0 Å². The number of hydrogen-bond donors (Lipinski definition) is 1. The van der Waals surface area contributed by atoms with Crippen molar-refractivity contribution in [1.29, 1.82) is 0 Å². The molecule has 0 aliphatic heterocycles. The van der Waals surface area contributed by atoms with Gasteiger partial charge < -0.3 is 5.73 Å². The van der Waals surface area contributed by atoms with Crippen molar-refractivity contribution in [3.05, 3.63) is 51.8 Å². The van der Waals surface area contributed by atoms with Crippen LogP contribution in [0.3, 0.4) is 0 Å². The van der Waals surface area contributed by atoms with Crippen molar-refractivity contribution in [2.45, 2.75) is 39.3 Å². The van der Waals surface area contributed by atoms with Crippen molar-refractivity contribution in [1.82, 2.24) is 9.78 Å². The minimum atomic E-state index is -0.0118. The van der Waals surface area contributed by atoms with Gasteiger partial charge in [0, 0.05) is 29.2 Å². The Morgan fingerprint density at radius 1 is 1.32 bits per heavy atom. The summed E-state index contributed by atoms with van der Waals surface area (Å²) in [5.41, 5.74) is 9.82. The summed E-state index contributed by atoms with van der Waals surface area (Å²) in [6, 6.07) is 10.3. The minimum absolute atomic E-state index is 0.0118. The molecule has 0 saturated carbocycles. The highest BCUT2D eigenvalue weighted by atomic mass is 79.9. The molecule has 0 fully saturated rings. The quantitative estimate of drug-likeness (QED) is 0.916. The van der Waals surface area contributed by atoms with E-state index >= 15 is 0 Å². The first kappa shape index (κ1) is 14.3. The summed E-state index contributed by atoms with van der Waals surface area (Å²) in [5.74, 6) is 0. The Morgan fingerprint density at radius 3 is 2.68 bits per heavy atom. The van der Waals surface area contributed by atoms with Gasteiger partial charge in [-0.15, -0.1) is 0 Å². The molecule has 19 heavy (non-hydrogen) atoms. The fourth-order valence-corrected chi connectivity index (χ4v) is 2.82. The lowest BCUT2D eigenvalue weighted by Gasteiger charge is -2.14. The molecule has 2 N–H and O–H groups in total. The fourth-order valence-electron chi connectivity index (χ4n) is 2.24. The zero-order valence-electron chi connectivity index (χ0n) is 11.4. The van der Waals surface area contributed by atoms with Gasteiger partial charge in [0.1, 0.15) is 0 Å². The molecule has 1 aromatic heterocycles. The molecular formula is C15H20BrN3. The summed E-state index contributed by atoms with van der Waals surface area (Å²) >= 11 is 3.56. The van der Waals surface area contributed by atoms with Gasteiger partial charge in [-0.3, -0.25) is 4.68 Å². The lowest BCUT2D eigenvalue weighted by molar-refractivity contribution is 0.585. The van der Waals surface area contributed by atoms with Gasteiger partial charge in [0.05, 0.1) is 5.69 Å². The highest BCUT2D eigenvalue weighted by Gasteiger charge is 2.14. The number of nitrogens with zero attached hydrogens (tertiary/aromatic N) is 2. The molecule has 0 aliphatic rings. The van der Waals surface area contributed by atoms with Crippen LogP contribution in [0, 0.1) is 0 Å². The first-order chi connectivity index (χ1) is 9.15. The number of rotatable bonds is 5. The second-order valence-corrected chi connectivity index (χ2v) is 5.48. The van der Waals surface area contributed by atoms with Crippen LogP contribution in [0.2, 0.25) is 0 Å². The zero-order valence-corrected chi connectivity index (χ0v) is 13.0. The summed E-state index contributed by atoms with van der Waals surface area (Å²) in [5, 5.41) is 4.57. The van der Waals surface area contributed by atoms with E-state index in [0.717, 1.165) is 35.1 Å². The molecule has 1 unspecified atom stereocenters. The maximum absolute atomic E-state index is 6.33. The molecule has 0 spiro atoms. The molecule has 4 heteroatoms. The lowest BCUT2D eigenvalue weighted by Crippen LogP contribution is -2.16. The van der Waals surface area contributed by atoms with E-state index in [4.69, 9.17) is 5.73 Å². The number of aryl methyl sites for hydroxylation is 2. The van der Waals surface area contributed by atoms with Gasteiger partial charge in [-0.05, 0) is 31.0 Å². The third-order valence-corrected chi connectivity index (χ3v) is 4.03. The van der Waals surface area contributed by atoms with E-state index in [2.05, 4.69) is 51.7 Å². The van der Waals surface area contributed by atoms with Crippen LogP contribution in [-0.2, 0) is 19.4 Å². The second kappa shape index (κ2) is 6.35. The molecule has 1 aromatic carbocycles. The standard InChI is InChI=1S/C15H20BrN3/c1-3-11-9-12(19(4-2)18-11)10-15(17)13-7-5-6-8-14(13)16/h5-9,15H,3-4,10,17H2,1-2H3. The summed E-state index contributed by atoms with van der Waals surface area (Å²) in [7, 11) is 0. The molecule has 2 aromatic rings. The van der Waals surface area contributed by atoms with Gasteiger partial charge in [-0.25, -0.2) is 0 Å². The predicted molar refractivity (Wildman–Crippen MR) is 82.1 cm³/mol. The molecular weight excluding hydrogens is 302 g/mol. The van der Waals surface area contributed by atoms with Crippen LogP contribution < -0.4 is 5.73 Å². The van der Waals surface area contributed by atoms with E-state index in [1.807, 2.05) is 18.2 Å². The third-order valence-electron chi connectivity index (χ3n) is 3.31. The van der Waals surface area contributed by atoms with Crippen LogP contribution in [-0.4, -0.2) is 9.78 Å². The fraction of sp³-hybridized carbons (Fsp3) is 0.400. The van der Waals surface area contributed by atoms with Gasteiger partial charge in [-0.1, -0.05) is 41.1 Å². The normalized spacial score (nSPS) is 12.6. The topological polar surface area (TPSA) is 43.8 Å². The van der Waals surface area contributed by atoms with E-state index in [1.165, 1.54) is 5.69 Å². The van der Waals surface area contributed by atoms with Crippen molar-refractivity contribution >= 4 is 15.9 Å². The van der Waals surface area contributed by atoms with Crippen LogP contribution in [0.25, 0.3) is 0 Å². The molecule has 1 atom stereocenters. The summed E-state index contributed by atoms with van der Waals surface area (Å²) in [4.78, 5) is 0. The molecule has 0 radical (unpaired) electrons. The van der Waals surface area contributed by atoms with E-state index in [-0.39, 0.29) is 6.04 Å². The highest BCUT2D eigenvalue weighted by Crippen LogP contribution is 2.24. The molecule has 0 bridgehead atoms. The molecule has 102 valence electrons. The second-order valence-electron chi connectivity index (χ2n) is 4.63. The van der Waals surface area contributed by atoms with E-state index in [0.29, 0.717) is 0 Å². The van der Waals surface area contributed by atoms with Crippen LogP contribution in [0.5, 0.6) is 0 Å². The van der Waals surface area contributed by atoms with Gasteiger partial charge >= 0.3 is 0 Å². The van der Waals surface area contributed by atoms with Crippen molar-refractivity contribution in [3.63, 3.8) is 0 Å². The van der Waals surface area contributed by atoms with Crippen LogP contribution in [0.15, 0.2) is 34.8 Å². The third kappa shape index (κ3) is 3.25. The highest BCUT2D eigenvalue weighted by molar-refractivity contribution is 9.10. The summed E-state index contributed by atoms with van der Waals surface area (Å²) in [6.45, 7) is 5.12. The van der Waals surface area contributed by atoms with Gasteiger partial charge in [0.25, 0.3) is 0 Å². The van der Waals surface area contributed by atoms with Crippen molar-refractivity contribution in [2.24, 2.45) is 5.73 Å². The van der Waals surface area contributed by atoms with Crippen LogP contribution in [0.4, 0.5) is 0 Å². The van der Waals surface area contributed by atoms with Crippen molar-refractivity contribution < 1.29 is 0 Å². The molecule has 2 rings (SSSR count). The Hall–Kier alpha value is -1.13. The maximum Gasteiger partial charge on any atom is 0.0624 e. The number of hydrogen-bond acceptors (Lipinski definition) is 2. The molecule has 0 aliphatic carbocycles. The Morgan fingerprint density at radius 2 is 2.05 bits per heavy atom. The van der Waals surface area contributed by atoms with E-state index in [9.17, 15) is 0 Å². The zero-order chi connectivity index (χ0) is 13.8. The first-order valence-corrected chi connectivity index (χ1v) is 7.50. The first-order valence-electron chi connectivity index (χ1n) is 6.71. The molecule has 1 heterocycles. The lowest BCUT2D eigenvalue weighted by atomic mass is 10.0. The van der Waals surface area contributed by atoms with Gasteiger partial charge in [-0.2, -0.15) is 5.10 Å². The number of nitrogens with two attached hydrogens (primary N) is 1. The minimum Gasteiger partial charge on any atom is -0.324 e. The van der Waals surface area contributed by atoms with Crippen molar-refractivity contribution in [2.75, 3.05) is 0 Å². The Balaban J connectivity index is 2.21. The Labute approximate surface area is 122 Å². The Bertz CT molecular complexity index is 548. The molecule has 0 saturated heterocycles. The number of halogens is 1. The van der Waals surface area contributed by atoms with E-state index in [1.54, 1.807) is 0 Å². The Kier molecular flexibility index (Phi) is 4.77. The summed E-state index contributed by atoms with van der Waals surface area (Å²) < 4.78 is 3.12. The molecule has 0 amide bonds. The van der Waals surface area contributed by atoms with E-state index < -0.39 is 0 Å².